The molecule has 0 aromatic heterocycles. The molecule has 14 heavy (non-hydrogen) atoms. The van der Waals surface area contributed by atoms with E-state index >= 15 is 0 Å². The molecule has 0 atom stereocenters. The second-order valence-electron chi connectivity index (χ2n) is 2.50. The first-order chi connectivity index (χ1) is 6.74. The van der Waals surface area contributed by atoms with Crippen LogP contribution in [0.2, 0.25) is 6.04 Å². The van der Waals surface area contributed by atoms with E-state index in [1.807, 2.05) is 13.8 Å². The first-order valence-electron chi connectivity index (χ1n) is 4.77. The summed E-state index contributed by atoms with van der Waals surface area (Å²) in [7, 11) is -1.62. The summed E-state index contributed by atoms with van der Waals surface area (Å²) in [6, 6.07) is 0.682. The van der Waals surface area contributed by atoms with Crippen molar-refractivity contribution in [1.82, 2.24) is 0 Å². The minimum absolute atomic E-state index is 0.349. The van der Waals surface area contributed by atoms with Crippen molar-refractivity contribution in [3.63, 3.8) is 0 Å². The average molecular weight is 218 g/mol. The maximum Gasteiger partial charge on any atom is 0.330 e. The molecule has 0 rings (SSSR count). The molecule has 0 aliphatic heterocycles. The molecule has 0 spiro atoms. The van der Waals surface area contributed by atoms with Crippen molar-refractivity contribution in [2.45, 2.75) is 19.9 Å². The smallest absolute Gasteiger partial charge is 0.330 e. The molecule has 82 valence electrons. The Kier molecular flexibility index (Phi) is 8.51. The highest BCUT2D eigenvalue weighted by atomic mass is 28.3. The zero-order valence-corrected chi connectivity index (χ0v) is 9.98. The van der Waals surface area contributed by atoms with Crippen molar-refractivity contribution in [2.75, 3.05) is 19.8 Å². The summed E-state index contributed by atoms with van der Waals surface area (Å²) in [6.45, 7) is 8.80. The first kappa shape index (κ1) is 13.3. The van der Waals surface area contributed by atoms with E-state index in [9.17, 15) is 4.79 Å². The van der Waals surface area contributed by atoms with E-state index in [0.29, 0.717) is 25.9 Å². The lowest BCUT2D eigenvalue weighted by Gasteiger charge is -2.14. The molecule has 0 radical (unpaired) electrons. The van der Waals surface area contributed by atoms with E-state index in [2.05, 4.69) is 6.58 Å². The third kappa shape index (κ3) is 6.82. The second kappa shape index (κ2) is 8.92. The number of carbonyl (C=O) groups excluding carboxylic acids is 1. The van der Waals surface area contributed by atoms with E-state index in [1.54, 1.807) is 0 Å². The van der Waals surface area contributed by atoms with Gasteiger partial charge in [0.25, 0.3) is 0 Å². The Balaban J connectivity index is 3.58. The van der Waals surface area contributed by atoms with Gasteiger partial charge in [0.2, 0.25) is 0 Å². The quantitative estimate of drug-likeness (QED) is 0.346. The molecular formula is C9H18O4Si. The van der Waals surface area contributed by atoms with E-state index in [0.717, 1.165) is 6.08 Å². The van der Waals surface area contributed by atoms with E-state index < -0.39 is 15.3 Å². The fourth-order valence-electron chi connectivity index (χ4n) is 0.901. The van der Waals surface area contributed by atoms with Crippen molar-refractivity contribution in [3.05, 3.63) is 12.7 Å². The van der Waals surface area contributed by atoms with Crippen LogP contribution in [0.25, 0.3) is 0 Å². The van der Waals surface area contributed by atoms with Crippen LogP contribution in [0.15, 0.2) is 12.7 Å². The minimum atomic E-state index is -1.62. The SMILES string of the molecule is C=CC(=O)OCC[SiH](OCC)OCC. The van der Waals surface area contributed by atoms with Crippen LogP contribution in [-0.4, -0.2) is 35.1 Å². The first-order valence-corrected chi connectivity index (χ1v) is 6.52. The largest absolute Gasteiger partial charge is 0.463 e. The Labute approximate surface area is 86.7 Å². The molecule has 4 nitrogen and oxygen atoms in total. The molecule has 0 aliphatic carbocycles. The molecule has 0 unspecified atom stereocenters. The van der Waals surface area contributed by atoms with Crippen molar-refractivity contribution in [1.29, 1.82) is 0 Å². The summed E-state index contributed by atoms with van der Waals surface area (Å²) >= 11 is 0. The molecule has 0 heterocycles. The van der Waals surface area contributed by atoms with E-state index in [4.69, 9.17) is 13.6 Å². The summed E-state index contributed by atoms with van der Waals surface area (Å²) in [5, 5.41) is 0. The Morgan fingerprint density at radius 1 is 1.36 bits per heavy atom. The molecule has 5 heteroatoms. The summed E-state index contributed by atoms with van der Waals surface area (Å²) in [4.78, 5) is 10.7. The highest BCUT2D eigenvalue weighted by Crippen LogP contribution is 1.98. The van der Waals surface area contributed by atoms with Crippen molar-refractivity contribution in [3.8, 4) is 0 Å². The molecule has 0 aromatic rings. The summed E-state index contributed by atoms with van der Waals surface area (Å²) in [6.07, 6.45) is 1.15. The van der Waals surface area contributed by atoms with Crippen LogP contribution in [0.3, 0.4) is 0 Å². The van der Waals surface area contributed by atoms with Crippen LogP contribution in [0.4, 0.5) is 0 Å². The number of ether oxygens (including phenoxy) is 1. The maximum absolute atomic E-state index is 10.7. The summed E-state index contributed by atoms with van der Waals surface area (Å²) in [5.41, 5.74) is 0. The van der Waals surface area contributed by atoms with Crippen molar-refractivity contribution in [2.24, 2.45) is 0 Å². The van der Waals surface area contributed by atoms with Gasteiger partial charge < -0.3 is 13.6 Å². The highest BCUT2D eigenvalue weighted by molar-refractivity contribution is 6.44. The molecular weight excluding hydrogens is 200 g/mol. The standard InChI is InChI=1S/C9H18O4Si/c1-4-9(10)11-7-8-14(12-5-2)13-6-3/h4,14H,1,5-8H2,2-3H3. The van der Waals surface area contributed by atoms with Gasteiger partial charge in [-0.1, -0.05) is 6.58 Å². The Hall–Kier alpha value is -0.653. The van der Waals surface area contributed by atoms with E-state index in [-0.39, 0.29) is 0 Å². The predicted molar refractivity (Wildman–Crippen MR) is 56.4 cm³/mol. The molecule has 0 saturated heterocycles. The lowest BCUT2D eigenvalue weighted by molar-refractivity contribution is -0.137. The van der Waals surface area contributed by atoms with Gasteiger partial charge in [0, 0.05) is 25.3 Å². The zero-order chi connectivity index (χ0) is 10.8. The average Bonchev–Trinajstić information content (AvgIpc) is 2.18. The van der Waals surface area contributed by atoms with Gasteiger partial charge in [-0.25, -0.2) is 4.79 Å². The van der Waals surface area contributed by atoms with Gasteiger partial charge in [0.15, 0.2) is 0 Å². The lowest BCUT2D eigenvalue weighted by Crippen LogP contribution is -2.25. The second-order valence-corrected chi connectivity index (χ2v) is 4.60. The molecule has 0 fully saturated rings. The van der Waals surface area contributed by atoms with Gasteiger partial charge in [-0.3, -0.25) is 0 Å². The minimum Gasteiger partial charge on any atom is -0.463 e. The fourth-order valence-corrected chi connectivity index (χ4v) is 2.38. The zero-order valence-electron chi connectivity index (χ0n) is 8.82. The van der Waals surface area contributed by atoms with Gasteiger partial charge in [0.1, 0.15) is 0 Å². The monoisotopic (exact) mass is 218 g/mol. The predicted octanol–water partition coefficient (Wildman–Crippen LogP) is 1.01. The van der Waals surface area contributed by atoms with Gasteiger partial charge in [-0.2, -0.15) is 0 Å². The molecule has 0 aromatic carbocycles. The molecule has 0 amide bonds. The molecule has 0 saturated carbocycles. The Morgan fingerprint density at radius 2 is 1.93 bits per heavy atom. The summed E-state index contributed by atoms with van der Waals surface area (Å²) in [5.74, 6) is -0.397. The lowest BCUT2D eigenvalue weighted by atomic mass is 10.6. The van der Waals surface area contributed by atoms with Crippen molar-refractivity contribution >= 4 is 15.3 Å². The highest BCUT2D eigenvalue weighted by Gasteiger charge is 2.12. The van der Waals surface area contributed by atoms with Gasteiger partial charge >= 0.3 is 15.3 Å². The van der Waals surface area contributed by atoms with E-state index in [1.165, 1.54) is 0 Å². The Bertz CT molecular complexity index is 166. The van der Waals surface area contributed by atoms with Crippen LogP contribution in [0.1, 0.15) is 13.8 Å². The molecule has 0 aliphatic rings. The van der Waals surface area contributed by atoms with Gasteiger partial charge in [-0.15, -0.1) is 0 Å². The summed E-state index contributed by atoms with van der Waals surface area (Å²) < 4.78 is 15.6. The topological polar surface area (TPSA) is 44.8 Å². The van der Waals surface area contributed by atoms with Crippen LogP contribution in [-0.2, 0) is 18.4 Å². The number of hydrogen-bond donors (Lipinski definition) is 0. The normalized spacial score (nSPS) is 10.2. The van der Waals surface area contributed by atoms with Crippen LogP contribution in [0.5, 0.6) is 0 Å². The third-order valence-corrected chi connectivity index (χ3v) is 3.59. The Morgan fingerprint density at radius 3 is 2.36 bits per heavy atom. The molecule has 0 bridgehead atoms. The van der Waals surface area contributed by atoms with Gasteiger partial charge in [0.05, 0.1) is 6.61 Å². The van der Waals surface area contributed by atoms with Crippen LogP contribution < -0.4 is 0 Å². The van der Waals surface area contributed by atoms with Gasteiger partial charge in [-0.05, 0) is 13.8 Å². The number of rotatable bonds is 8. The van der Waals surface area contributed by atoms with Crippen LogP contribution in [0, 0.1) is 0 Å². The molecule has 0 N–H and O–H groups in total. The number of hydrogen-bond acceptors (Lipinski definition) is 4. The number of esters is 1. The van der Waals surface area contributed by atoms with Crippen molar-refractivity contribution < 1.29 is 18.4 Å². The fraction of sp³-hybridized carbons (Fsp3) is 0.667. The third-order valence-electron chi connectivity index (χ3n) is 1.47. The van der Waals surface area contributed by atoms with Crippen LogP contribution >= 0.6 is 0 Å². The number of carbonyl (C=O) groups is 1. The maximum atomic E-state index is 10.7.